The third kappa shape index (κ3) is 2.82. The number of hydrogen-bond donors (Lipinski definition) is 1. The molecule has 1 aromatic rings. The van der Waals surface area contributed by atoms with Gasteiger partial charge in [0.1, 0.15) is 12.9 Å². The predicted octanol–water partition coefficient (Wildman–Crippen LogP) is -0.766. The van der Waals surface area contributed by atoms with Crippen LogP contribution in [0.2, 0.25) is 0 Å². The van der Waals surface area contributed by atoms with Crippen molar-refractivity contribution in [2.75, 3.05) is 19.6 Å². The topological polar surface area (TPSA) is 91.6 Å². The third-order valence-corrected chi connectivity index (χ3v) is 2.79. The van der Waals surface area contributed by atoms with Gasteiger partial charge in [-0.1, -0.05) is 5.92 Å². The summed E-state index contributed by atoms with van der Waals surface area (Å²) in [6.07, 6.45) is 6.76. The lowest BCUT2D eigenvalue weighted by Crippen LogP contribution is -2.48. The number of carboxylic acids is 1. The van der Waals surface area contributed by atoms with Crippen molar-refractivity contribution in [1.82, 2.24) is 24.6 Å². The summed E-state index contributed by atoms with van der Waals surface area (Å²) in [5.41, 5.74) is 0. The molecule has 0 aromatic carbocycles. The lowest BCUT2D eigenvalue weighted by molar-refractivity contribution is -0.137. The van der Waals surface area contributed by atoms with Crippen LogP contribution in [-0.4, -0.2) is 61.3 Å². The Hall–Kier alpha value is -2.56. The van der Waals surface area contributed by atoms with Crippen LogP contribution in [0.5, 0.6) is 0 Å². The lowest BCUT2D eigenvalue weighted by Gasteiger charge is -2.31. The van der Waals surface area contributed by atoms with Crippen LogP contribution in [0, 0.1) is 12.3 Å². The normalized spacial score (nSPS) is 13.5. The molecule has 2 rings (SSSR count). The number of rotatable bonds is 3. The highest BCUT2D eigenvalue weighted by Gasteiger charge is 2.26. The maximum Gasteiger partial charge on any atom is 0.323 e. The summed E-state index contributed by atoms with van der Waals surface area (Å²) in [6.45, 7) is 0.926. The van der Waals surface area contributed by atoms with Crippen LogP contribution >= 0.6 is 0 Å². The second-order valence-corrected chi connectivity index (χ2v) is 4.10. The van der Waals surface area contributed by atoms with Crippen LogP contribution in [-0.2, 0) is 17.9 Å². The summed E-state index contributed by atoms with van der Waals surface area (Å²) < 4.78 is 1.85. The van der Waals surface area contributed by atoms with Crippen molar-refractivity contribution in [2.45, 2.75) is 13.1 Å². The number of fused-ring (bicyclic) bond motifs is 1. The first-order chi connectivity index (χ1) is 9.11. The molecule has 1 N–H and O–H groups in total. The maximum atomic E-state index is 12.2. The van der Waals surface area contributed by atoms with Gasteiger partial charge in [0.2, 0.25) is 0 Å². The first-order valence-corrected chi connectivity index (χ1v) is 5.67. The molecule has 0 atom stereocenters. The van der Waals surface area contributed by atoms with E-state index in [1.165, 1.54) is 4.90 Å². The third-order valence-electron chi connectivity index (χ3n) is 2.79. The molecule has 2 amide bonds. The van der Waals surface area contributed by atoms with E-state index in [0.29, 0.717) is 25.5 Å². The number of hydrogen-bond acceptors (Lipinski definition) is 4. The molecule has 1 aliphatic heterocycles. The fourth-order valence-electron chi connectivity index (χ4n) is 1.89. The van der Waals surface area contributed by atoms with Crippen molar-refractivity contribution in [2.24, 2.45) is 0 Å². The fourth-order valence-corrected chi connectivity index (χ4v) is 1.89. The number of terminal acetylenes is 1. The van der Waals surface area contributed by atoms with E-state index in [4.69, 9.17) is 11.5 Å². The summed E-state index contributed by atoms with van der Waals surface area (Å²) in [5, 5.41) is 16.4. The zero-order valence-corrected chi connectivity index (χ0v) is 10.2. The van der Waals surface area contributed by atoms with E-state index < -0.39 is 18.5 Å². The van der Waals surface area contributed by atoms with Gasteiger partial charge in [-0.05, 0) is 0 Å². The average Bonchev–Trinajstić information content (AvgIpc) is 2.84. The number of aromatic nitrogens is 3. The standard InChI is InChI=1S/C11H13N5O3/c1-2-3-14(7-10(17)18)11(19)15-4-5-16-8-12-13-9(16)6-15/h1,8H,3-7H2,(H,17,18). The van der Waals surface area contributed by atoms with Gasteiger partial charge in [-0.3, -0.25) is 4.79 Å². The number of carboxylic acid groups (broad SMARTS) is 1. The van der Waals surface area contributed by atoms with E-state index in [1.807, 2.05) is 4.57 Å². The predicted molar refractivity (Wildman–Crippen MR) is 63.9 cm³/mol. The largest absolute Gasteiger partial charge is 0.480 e. The van der Waals surface area contributed by atoms with Crippen molar-refractivity contribution in [3.8, 4) is 12.3 Å². The Balaban J connectivity index is 2.06. The van der Waals surface area contributed by atoms with Crippen LogP contribution in [0.15, 0.2) is 6.33 Å². The molecular formula is C11H13N5O3. The van der Waals surface area contributed by atoms with Gasteiger partial charge in [0.05, 0.1) is 13.1 Å². The van der Waals surface area contributed by atoms with E-state index in [1.54, 1.807) is 6.33 Å². The molecule has 0 spiro atoms. The molecule has 19 heavy (non-hydrogen) atoms. The summed E-state index contributed by atoms with van der Waals surface area (Å²) in [6, 6.07) is -0.394. The van der Waals surface area contributed by atoms with Crippen LogP contribution in [0.4, 0.5) is 4.79 Å². The van der Waals surface area contributed by atoms with E-state index in [0.717, 1.165) is 4.90 Å². The van der Waals surface area contributed by atoms with Crippen LogP contribution in [0.3, 0.4) is 0 Å². The van der Waals surface area contributed by atoms with Gasteiger partial charge < -0.3 is 19.5 Å². The fraction of sp³-hybridized carbons (Fsp3) is 0.455. The maximum absolute atomic E-state index is 12.2. The molecule has 0 bridgehead atoms. The summed E-state index contributed by atoms with van der Waals surface area (Å²) >= 11 is 0. The molecule has 8 nitrogen and oxygen atoms in total. The van der Waals surface area contributed by atoms with Crippen LogP contribution in [0.1, 0.15) is 5.82 Å². The number of amides is 2. The molecule has 0 saturated carbocycles. The quantitative estimate of drug-likeness (QED) is 0.723. The Bertz CT molecular complexity index is 533. The van der Waals surface area contributed by atoms with Gasteiger partial charge in [0.25, 0.3) is 0 Å². The highest BCUT2D eigenvalue weighted by Crippen LogP contribution is 2.11. The number of carbonyl (C=O) groups is 2. The molecule has 1 aliphatic rings. The SMILES string of the molecule is C#CCN(CC(=O)O)C(=O)N1CCn2cnnc2C1. The minimum atomic E-state index is -1.09. The van der Waals surface area contributed by atoms with Gasteiger partial charge in [-0.25, -0.2) is 4.79 Å². The Labute approximate surface area is 109 Å². The molecule has 0 fully saturated rings. The summed E-state index contributed by atoms with van der Waals surface area (Å²) in [7, 11) is 0. The zero-order valence-electron chi connectivity index (χ0n) is 10.2. The van der Waals surface area contributed by atoms with Crippen molar-refractivity contribution >= 4 is 12.0 Å². The lowest BCUT2D eigenvalue weighted by atomic mass is 10.3. The van der Waals surface area contributed by atoms with E-state index in [9.17, 15) is 9.59 Å². The van der Waals surface area contributed by atoms with E-state index in [-0.39, 0.29) is 6.54 Å². The van der Waals surface area contributed by atoms with Gasteiger partial charge in [0.15, 0.2) is 5.82 Å². The molecule has 0 unspecified atom stereocenters. The highest BCUT2D eigenvalue weighted by atomic mass is 16.4. The number of urea groups is 1. The minimum absolute atomic E-state index is 0.0334. The first-order valence-electron chi connectivity index (χ1n) is 5.67. The highest BCUT2D eigenvalue weighted by molar-refractivity contribution is 5.80. The molecule has 2 heterocycles. The Morgan fingerprint density at radius 1 is 1.53 bits per heavy atom. The van der Waals surface area contributed by atoms with E-state index in [2.05, 4.69) is 16.1 Å². The zero-order chi connectivity index (χ0) is 13.8. The van der Waals surface area contributed by atoms with Crippen molar-refractivity contribution in [3.05, 3.63) is 12.2 Å². The monoisotopic (exact) mass is 263 g/mol. The van der Waals surface area contributed by atoms with Crippen molar-refractivity contribution in [3.63, 3.8) is 0 Å². The van der Waals surface area contributed by atoms with Crippen LogP contribution in [0.25, 0.3) is 0 Å². The number of aliphatic carboxylic acids is 1. The van der Waals surface area contributed by atoms with Gasteiger partial charge >= 0.3 is 12.0 Å². The Morgan fingerprint density at radius 3 is 3.00 bits per heavy atom. The Kier molecular flexibility index (Phi) is 3.66. The Morgan fingerprint density at radius 2 is 2.32 bits per heavy atom. The van der Waals surface area contributed by atoms with Gasteiger partial charge in [-0.15, -0.1) is 16.6 Å². The summed E-state index contributed by atoms with van der Waals surface area (Å²) in [5.74, 6) is 1.87. The number of nitrogens with zero attached hydrogens (tertiary/aromatic N) is 5. The second-order valence-electron chi connectivity index (χ2n) is 4.10. The summed E-state index contributed by atoms with van der Waals surface area (Å²) in [4.78, 5) is 25.5. The smallest absolute Gasteiger partial charge is 0.323 e. The molecule has 8 heteroatoms. The van der Waals surface area contributed by atoms with E-state index >= 15 is 0 Å². The minimum Gasteiger partial charge on any atom is -0.480 e. The van der Waals surface area contributed by atoms with Crippen LogP contribution < -0.4 is 0 Å². The molecule has 0 saturated heterocycles. The second kappa shape index (κ2) is 5.39. The molecule has 0 aliphatic carbocycles. The first kappa shape index (κ1) is 12.9. The molecular weight excluding hydrogens is 250 g/mol. The van der Waals surface area contributed by atoms with Crippen molar-refractivity contribution in [1.29, 1.82) is 0 Å². The molecule has 100 valence electrons. The van der Waals surface area contributed by atoms with Crippen molar-refractivity contribution < 1.29 is 14.7 Å². The average molecular weight is 263 g/mol. The van der Waals surface area contributed by atoms with Gasteiger partial charge in [0, 0.05) is 13.1 Å². The van der Waals surface area contributed by atoms with Gasteiger partial charge in [-0.2, -0.15) is 0 Å². The number of carbonyl (C=O) groups excluding carboxylic acids is 1. The molecule has 1 aromatic heterocycles. The molecule has 0 radical (unpaired) electrons.